The molecule has 0 spiro atoms. The summed E-state index contributed by atoms with van der Waals surface area (Å²) in [7, 11) is 0. The first-order chi connectivity index (χ1) is 14.1. The molecule has 1 amide bonds. The normalized spacial score (nSPS) is 20.6. The summed E-state index contributed by atoms with van der Waals surface area (Å²) in [6, 6.07) is 2.45. The van der Waals surface area contributed by atoms with E-state index in [9.17, 15) is 18.0 Å². The van der Waals surface area contributed by atoms with Crippen molar-refractivity contribution in [2.24, 2.45) is 5.92 Å². The summed E-state index contributed by atoms with van der Waals surface area (Å²) in [6.07, 6.45) is 1.37. The number of carbonyl (C=O) groups excluding carboxylic acids is 1. The van der Waals surface area contributed by atoms with Gasteiger partial charge >= 0.3 is 6.18 Å². The van der Waals surface area contributed by atoms with Crippen molar-refractivity contribution in [3.63, 3.8) is 0 Å². The van der Waals surface area contributed by atoms with Crippen LogP contribution in [0.2, 0.25) is 0 Å². The predicted molar refractivity (Wildman–Crippen MR) is 104 cm³/mol. The summed E-state index contributed by atoms with van der Waals surface area (Å²) in [4.78, 5) is 19.1. The van der Waals surface area contributed by atoms with Crippen LogP contribution in [0.25, 0.3) is 5.65 Å². The van der Waals surface area contributed by atoms with Crippen LogP contribution < -0.4 is 0 Å². The molecule has 0 radical (unpaired) electrons. The van der Waals surface area contributed by atoms with Gasteiger partial charge in [-0.25, -0.2) is 9.50 Å². The Morgan fingerprint density at radius 1 is 1.23 bits per heavy atom. The van der Waals surface area contributed by atoms with Gasteiger partial charge in [-0.2, -0.15) is 18.3 Å². The molecule has 2 aromatic heterocycles. The van der Waals surface area contributed by atoms with Crippen molar-refractivity contribution >= 4 is 11.6 Å². The van der Waals surface area contributed by atoms with Gasteiger partial charge in [-0.15, -0.1) is 0 Å². The molecule has 0 aromatic carbocycles. The lowest BCUT2D eigenvalue weighted by Crippen LogP contribution is -2.55. The molecular weight excluding hydrogens is 397 g/mol. The Hall–Kier alpha value is -2.16. The van der Waals surface area contributed by atoms with E-state index >= 15 is 0 Å². The van der Waals surface area contributed by atoms with Crippen molar-refractivity contribution < 1.29 is 22.7 Å². The van der Waals surface area contributed by atoms with Crippen molar-refractivity contribution in [2.45, 2.75) is 64.1 Å². The summed E-state index contributed by atoms with van der Waals surface area (Å²) in [6.45, 7) is 4.85. The smallest absolute Gasteiger partial charge is 0.377 e. The maximum Gasteiger partial charge on any atom is 0.433 e. The van der Waals surface area contributed by atoms with Crippen LogP contribution >= 0.6 is 0 Å². The fraction of sp³-hybridized carbons (Fsp3) is 0.667. The zero-order chi connectivity index (χ0) is 21.5. The average Bonchev–Trinajstić information content (AvgIpc) is 3.10. The predicted octanol–water partition coefficient (Wildman–Crippen LogP) is 4.12. The number of carbonyl (C=O) groups is 1. The molecule has 9 heteroatoms. The van der Waals surface area contributed by atoms with E-state index < -0.39 is 23.3 Å². The largest absolute Gasteiger partial charge is 0.433 e. The van der Waals surface area contributed by atoms with Gasteiger partial charge in [0, 0.05) is 18.3 Å². The third kappa shape index (κ3) is 4.17. The van der Waals surface area contributed by atoms with Gasteiger partial charge in [0.25, 0.3) is 5.91 Å². The first-order valence-electron chi connectivity index (χ1n) is 10.5. The fourth-order valence-electron chi connectivity index (χ4n) is 4.50. The lowest BCUT2D eigenvalue weighted by molar-refractivity contribution is -0.142. The molecule has 1 aliphatic heterocycles. The number of alkyl halides is 3. The second kappa shape index (κ2) is 7.83. The van der Waals surface area contributed by atoms with Crippen molar-refractivity contribution in [3.05, 3.63) is 29.2 Å². The minimum Gasteiger partial charge on any atom is -0.377 e. The van der Waals surface area contributed by atoms with Gasteiger partial charge in [-0.3, -0.25) is 4.79 Å². The minimum absolute atomic E-state index is 0.0298. The Labute approximate surface area is 173 Å². The summed E-state index contributed by atoms with van der Waals surface area (Å²) < 4.78 is 47.5. The van der Waals surface area contributed by atoms with Gasteiger partial charge in [0.05, 0.1) is 18.8 Å². The molecule has 4 rings (SSSR count). The summed E-state index contributed by atoms with van der Waals surface area (Å²) in [5, 5.41) is 4.01. The maximum atomic E-state index is 13.8. The first kappa shape index (κ1) is 21.1. The number of morpholine rings is 1. The third-order valence-electron chi connectivity index (χ3n) is 6.10. The Kier molecular flexibility index (Phi) is 5.50. The first-order valence-corrected chi connectivity index (χ1v) is 10.5. The molecule has 0 bridgehead atoms. The molecule has 6 nitrogen and oxygen atoms in total. The highest BCUT2D eigenvalue weighted by molar-refractivity contribution is 5.94. The highest BCUT2D eigenvalue weighted by atomic mass is 19.4. The van der Waals surface area contributed by atoms with E-state index in [4.69, 9.17) is 4.74 Å². The van der Waals surface area contributed by atoms with Crippen LogP contribution in [0.3, 0.4) is 0 Å². The van der Waals surface area contributed by atoms with Crippen molar-refractivity contribution in [1.82, 2.24) is 19.5 Å². The number of fused-ring (bicyclic) bond motifs is 1. The molecule has 3 heterocycles. The number of hydrogen-bond donors (Lipinski definition) is 0. The van der Waals surface area contributed by atoms with E-state index in [0.717, 1.165) is 36.3 Å². The number of ether oxygens (including phenoxy) is 1. The van der Waals surface area contributed by atoms with Gasteiger partial charge in [0.15, 0.2) is 11.3 Å². The summed E-state index contributed by atoms with van der Waals surface area (Å²) in [5.41, 5.74) is -1.01. The molecule has 0 atom stereocenters. The molecule has 1 saturated carbocycles. The number of halogens is 3. The minimum atomic E-state index is -4.59. The zero-order valence-electron chi connectivity index (χ0n) is 17.3. The van der Waals surface area contributed by atoms with Gasteiger partial charge in [0.1, 0.15) is 5.69 Å². The topological polar surface area (TPSA) is 59.7 Å². The van der Waals surface area contributed by atoms with E-state index in [1.807, 2.05) is 13.8 Å². The second-order valence-electron chi connectivity index (χ2n) is 8.96. The zero-order valence-corrected chi connectivity index (χ0v) is 17.3. The van der Waals surface area contributed by atoms with Crippen LogP contribution in [0, 0.1) is 5.92 Å². The van der Waals surface area contributed by atoms with E-state index in [1.54, 1.807) is 4.90 Å². The maximum absolute atomic E-state index is 13.8. The van der Waals surface area contributed by atoms with Gasteiger partial charge in [0.2, 0.25) is 0 Å². The number of rotatable bonds is 3. The molecule has 1 aliphatic carbocycles. The monoisotopic (exact) mass is 424 g/mol. The molecule has 0 unspecified atom stereocenters. The lowest BCUT2D eigenvalue weighted by Gasteiger charge is -2.41. The molecule has 2 aromatic rings. The highest BCUT2D eigenvalue weighted by Crippen LogP contribution is 2.32. The molecule has 2 aliphatic rings. The van der Waals surface area contributed by atoms with E-state index in [0.29, 0.717) is 37.8 Å². The molecule has 2 fully saturated rings. The lowest BCUT2D eigenvalue weighted by atomic mass is 9.86. The van der Waals surface area contributed by atoms with E-state index in [2.05, 4.69) is 10.1 Å². The fourth-order valence-corrected chi connectivity index (χ4v) is 4.50. The Balaban J connectivity index is 1.70. The highest BCUT2D eigenvalue weighted by Gasteiger charge is 2.38. The molecule has 164 valence electrons. The standard InChI is InChI=1S/C21H27F3N4O2/c1-20(2)13-30-9-8-27(20)19(29)16-12-18-25-15(10-14-6-4-3-5-7-14)11-17(21(22,23)24)28(18)26-16/h11-12,14H,3-10,13H2,1-2H3. The molecule has 0 N–H and O–H groups in total. The van der Waals surface area contributed by atoms with E-state index in [1.165, 1.54) is 12.5 Å². The summed E-state index contributed by atoms with van der Waals surface area (Å²) >= 11 is 0. The van der Waals surface area contributed by atoms with Crippen molar-refractivity contribution in [2.75, 3.05) is 19.8 Å². The summed E-state index contributed by atoms with van der Waals surface area (Å²) in [5.74, 6) is -0.0521. The number of hydrogen-bond acceptors (Lipinski definition) is 4. The number of aromatic nitrogens is 3. The quantitative estimate of drug-likeness (QED) is 0.744. The van der Waals surface area contributed by atoms with Gasteiger partial charge in [-0.05, 0) is 32.3 Å². The SMILES string of the molecule is CC1(C)COCCN1C(=O)c1cc2nc(CC3CCCCC3)cc(C(F)(F)F)n2n1. The van der Waals surface area contributed by atoms with Crippen LogP contribution in [0.4, 0.5) is 13.2 Å². The molecule has 30 heavy (non-hydrogen) atoms. The van der Waals surface area contributed by atoms with Crippen molar-refractivity contribution in [3.8, 4) is 0 Å². The average molecular weight is 424 g/mol. The van der Waals surface area contributed by atoms with Gasteiger partial charge < -0.3 is 9.64 Å². The van der Waals surface area contributed by atoms with Crippen LogP contribution in [0.5, 0.6) is 0 Å². The van der Waals surface area contributed by atoms with Crippen LogP contribution in [-0.2, 0) is 17.3 Å². The number of nitrogens with zero attached hydrogens (tertiary/aromatic N) is 4. The van der Waals surface area contributed by atoms with E-state index in [-0.39, 0.29) is 11.3 Å². The van der Waals surface area contributed by atoms with Crippen LogP contribution in [0.15, 0.2) is 12.1 Å². The molecule has 1 saturated heterocycles. The Bertz CT molecular complexity index is 932. The second-order valence-corrected chi connectivity index (χ2v) is 8.96. The van der Waals surface area contributed by atoms with Crippen LogP contribution in [-0.4, -0.2) is 50.7 Å². The molecular formula is C21H27F3N4O2. The third-order valence-corrected chi connectivity index (χ3v) is 6.10. The van der Waals surface area contributed by atoms with Crippen LogP contribution in [0.1, 0.15) is 67.8 Å². The number of amides is 1. The Morgan fingerprint density at radius 3 is 2.63 bits per heavy atom. The Morgan fingerprint density at radius 2 is 1.97 bits per heavy atom. The van der Waals surface area contributed by atoms with Gasteiger partial charge in [-0.1, -0.05) is 32.1 Å². The van der Waals surface area contributed by atoms with Crippen molar-refractivity contribution in [1.29, 1.82) is 0 Å².